The maximum atomic E-state index is 12.4. The van der Waals surface area contributed by atoms with E-state index in [0.29, 0.717) is 16.6 Å². The number of aromatic amines is 1. The largest absolute Gasteiger partial charge is 0.398 e. The Hall–Kier alpha value is -2.59. The Bertz CT molecular complexity index is 877. The molecule has 1 aromatic carbocycles. The van der Waals surface area contributed by atoms with Gasteiger partial charge in [-0.3, -0.25) is 4.98 Å². The van der Waals surface area contributed by atoms with Gasteiger partial charge in [0.15, 0.2) is 5.82 Å². The lowest BCUT2D eigenvalue weighted by molar-refractivity contribution is 0.580. The molecule has 9 nitrogen and oxygen atoms in total. The van der Waals surface area contributed by atoms with Crippen LogP contribution in [0.3, 0.4) is 0 Å². The summed E-state index contributed by atoms with van der Waals surface area (Å²) in [6.45, 7) is -0.0719. The molecule has 0 atom stereocenters. The molecule has 0 radical (unpaired) electrons. The lowest BCUT2D eigenvalue weighted by Crippen LogP contribution is -2.24. The number of H-pyrrole nitrogens is 1. The summed E-state index contributed by atoms with van der Waals surface area (Å²) >= 11 is 0. The smallest absolute Gasteiger partial charge is 0.243 e. The first-order chi connectivity index (χ1) is 10.1. The van der Waals surface area contributed by atoms with Crippen molar-refractivity contribution >= 4 is 26.6 Å². The van der Waals surface area contributed by atoms with Gasteiger partial charge in [0.1, 0.15) is 4.90 Å². The fourth-order valence-electron chi connectivity index (χ4n) is 1.88. The zero-order valence-electron chi connectivity index (χ0n) is 10.7. The summed E-state index contributed by atoms with van der Waals surface area (Å²) in [5.74, 6) is 0.242. The molecule has 3 rings (SSSR count). The summed E-state index contributed by atoms with van der Waals surface area (Å²) in [6, 6.07) is 6.37. The third kappa shape index (κ3) is 2.53. The average Bonchev–Trinajstić information content (AvgIpc) is 2.99. The molecule has 0 aliphatic rings. The fourth-order valence-corrected chi connectivity index (χ4v) is 3.02. The summed E-state index contributed by atoms with van der Waals surface area (Å²) in [4.78, 5) is 4.16. The highest BCUT2D eigenvalue weighted by Gasteiger charge is 2.19. The van der Waals surface area contributed by atoms with E-state index in [1.807, 2.05) is 0 Å². The Morgan fingerprint density at radius 2 is 2.14 bits per heavy atom. The van der Waals surface area contributed by atoms with Gasteiger partial charge in [-0.2, -0.15) is 5.21 Å². The van der Waals surface area contributed by atoms with Crippen molar-refractivity contribution < 1.29 is 8.42 Å². The number of hydrogen-bond acceptors (Lipinski definition) is 7. The topological polar surface area (TPSA) is 140 Å². The third-order valence-electron chi connectivity index (χ3n) is 2.87. The molecule has 0 unspecified atom stereocenters. The number of sulfonamides is 1. The maximum Gasteiger partial charge on any atom is 0.243 e. The van der Waals surface area contributed by atoms with Crippen molar-refractivity contribution in [2.24, 2.45) is 0 Å². The summed E-state index contributed by atoms with van der Waals surface area (Å²) < 4.78 is 27.1. The lowest BCUT2D eigenvalue weighted by Gasteiger charge is -2.09. The molecule has 0 amide bonds. The number of fused-ring (bicyclic) bond motifs is 1. The minimum Gasteiger partial charge on any atom is -0.398 e. The maximum absolute atomic E-state index is 12.4. The van der Waals surface area contributed by atoms with Crippen LogP contribution in [0.1, 0.15) is 5.82 Å². The first-order valence-electron chi connectivity index (χ1n) is 5.93. The summed E-state index contributed by atoms with van der Waals surface area (Å²) in [5.41, 5.74) is 6.62. The van der Waals surface area contributed by atoms with Crippen LogP contribution in [0, 0.1) is 0 Å². The SMILES string of the molecule is Nc1ccc(S(=O)(=O)NCc2nn[nH]n2)c2ncccc12. The predicted octanol–water partition coefficient (Wildman–Crippen LogP) is -0.191. The number of hydrogen-bond donors (Lipinski definition) is 3. The lowest BCUT2D eigenvalue weighted by atomic mass is 10.2. The van der Waals surface area contributed by atoms with Gasteiger partial charge in [0.2, 0.25) is 10.0 Å². The van der Waals surface area contributed by atoms with Gasteiger partial charge in [-0.1, -0.05) is 5.21 Å². The summed E-state index contributed by atoms with van der Waals surface area (Å²) in [7, 11) is -3.77. The van der Waals surface area contributed by atoms with Crippen molar-refractivity contribution in [1.29, 1.82) is 0 Å². The van der Waals surface area contributed by atoms with Crippen molar-refractivity contribution in [3.8, 4) is 0 Å². The van der Waals surface area contributed by atoms with Crippen molar-refractivity contribution in [2.75, 3.05) is 5.73 Å². The van der Waals surface area contributed by atoms with Crippen molar-refractivity contribution in [3.63, 3.8) is 0 Å². The number of rotatable bonds is 4. The van der Waals surface area contributed by atoms with Crippen LogP contribution >= 0.6 is 0 Å². The monoisotopic (exact) mass is 305 g/mol. The minimum atomic E-state index is -3.77. The Balaban J connectivity index is 2.01. The highest BCUT2D eigenvalue weighted by Crippen LogP contribution is 2.25. The predicted molar refractivity (Wildman–Crippen MR) is 74.4 cm³/mol. The van der Waals surface area contributed by atoms with E-state index in [-0.39, 0.29) is 17.3 Å². The van der Waals surface area contributed by atoms with Gasteiger partial charge in [-0.15, -0.1) is 10.2 Å². The number of nitrogens with one attached hydrogen (secondary N) is 2. The Kier molecular flexibility index (Phi) is 3.23. The number of tetrazole rings is 1. The van der Waals surface area contributed by atoms with Crippen LogP contribution in [-0.4, -0.2) is 34.0 Å². The van der Waals surface area contributed by atoms with E-state index in [4.69, 9.17) is 5.73 Å². The zero-order chi connectivity index (χ0) is 14.9. The van der Waals surface area contributed by atoms with E-state index in [1.165, 1.54) is 18.3 Å². The number of nitrogens with two attached hydrogens (primary N) is 1. The second kappa shape index (κ2) is 5.07. The second-order valence-corrected chi connectivity index (χ2v) is 5.94. The fraction of sp³-hybridized carbons (Fsp3) is 0.0909. The molecule has 0 saturated heterocycles. The highest BCUT2D eigenvalue weighted by atomic mass is 32.2. The summed E-state index contributed by atoms with van der Waals surface area (Å²) in [5, 5.41) is 13.5. The van der Waals surface area contributed by atoms with Crippen LogP contribution in [0.5, 0.6) is 0 Å². The first-order valence-corrected chi connectivity index (χ1v) is 7.41. The molecule has 10 heteroatoms. The molecule has 21 heavy (non-hydrogen) atoms. The van der Waals surface area contributed by atoms with Crippen LogP contribution in [0.4, 0.5) is 5.69 Å². The highest BCUT2D eigenvalue weighted by molar-refractivity contribution is 7.89. The zero-order valence-corrected chi connectivity index (χ0v) is 11.5. The average molecular weight is 305 g/mol. The van der Waals surface area contributed by atoms with E-state index >= 15 is 0 Å². The van der Waals surface area contributed by atoms with E-state index in [0.717, 1.165) is 0 Å². The van der Waals surface area contributed by atoms with Crippen molar-refractivity contribution in [2.45, 2.75) is 11.4 Å². The second-order valence-electron chi connectivity index (χ2n) is 4.21. The molecule has 0 bridgehead atoms. The van der Waals surface area contributed by atoms with Gasteiger partial charge >= 0.3 is 0 Å². The quantitative estimate of drug-likeness (QED) is 0.567. The Morgan fingerprint density at radius 3 is 2.90 bits per heavy atom. The number of anilines is 1. The molecule has 2 heterocycles. The van der Waals surface area contributed by atoms with E-state index in [1.54, 1.807) is 12.1 Å². The van der Waals surface area contributed by atoms with Crippen LogP contribution in [0.25, 0.3) is 10.9 Å². The van der Waals surface area contributed by atoms with Crippen LogP contribution in [0.2, 0.25) is 0 Å². The minimum absolute atomic E-state index is 0.0517. The number of benzene rings is 1. The van der Waals surface area contributed by atoms with Gasteiger partial charge in [0.05, 0.1) is 12.1 Å². The standard InChI is InChI=1S/C11H11N7O2S/c12-8-3-4-9(11-7(8)2-1-5-13-11)21(19,20)14-6-10-15-17-18-16-10/h1-5,14H,6,12H2,(H,15,16,17,18). The van der Waals surface area contributed by atoms with Crippen molar-refractivity contribution in [3.05, 3.63) is 36.3 Å². The Labute approximate surface area is 119 Å². The molecule has 0 fully saturated rings. The molecular weight excluding hydrogens is 294 g/mol. The van der Waals surface area contributed by atoms with Crippen molar-refractivity contribution in [1.82, 2.24) is 30.3 Å². The third-order valence-corrected chi connectivity index (χ3v) is 4.30. The molecule has 0 aliphatic carbocycles. The molecule has 0 spiro atoms. The molecule has 2 aromatic heterocycles. The number of nitrogen functional groups attached to an aromatic ring is 1. The van der Waals surface area contributed by atoms with Crippen LogP contribution in [0.15, 0.2) is 35.4 Å². The van der Waals surface area contributed by atoms with Crippen LogP contribution < -0.4 is 10.5 Å². The van der Waals surface area contributed by atoms with Crippen LogP contribution in [-0.2, 0) is 16.6 Å². The first kappa shape index (κ1) is 13.4. The molecule has 4 N–H and O–H groups in total. The normalized spacial score (nSPS) is 11.8. The van der Waals surface area contributed by atoms with Gasteiger partial charge in [0, 0.05) is 17.3 Å². The van der Waals surface area contributed by atoms with Gasteiger partial charge < -0.3 is 5.73 Å². The molecular formula is C11H11N7O2S. The molecule has 0 aliphatic heterocycles. The van der Waals surface area contributed by atoms with E-state index < -0.39 is 10.0 Å². The molecule has 108 valence electrons. The van der Waals surface area contributed by atoms with E-state index in [2.05, 4.69) is 30.3 Å². The molecule has 3 aromatic rings. The van der Waals surface area contributed by atoms with Gasteiger partial charge in [-0.25, -0.2) is 13.1 Å². The molecule has 0 saturated carbocycles. The number of nitrogens with zero attached hydrogens (tertiary/aromatic N) is 4. The number of pyridine rings is 1. The van der Waals surface area contributed by atoms with E-state index in [9.17, 15) is 8.42 Å². The number of aromatic nitrogens is 5. The van der Waals surface area contributed by atoms with Gasteiger partial charge in [0.25, 0.3) is 0 Å². The summed E-state index contributed by atoms with van der Waals surface area (Å²) in [6.07, 6.45) is 1.51. The Morgan fingerprint density at radius 1 is 1.29 bits per heavy atom. The van der Waals surface area contributed by atoms with Gasteiger partial charge in [-0.05, 0) is 24.3 Å².